The summed E-state index contributed by atoms with van der Waals surface area (Å²) in [5.41, 5.74) is 6.24. The molecule has 1 fully saturated rings. The molecule has 0 spiro atoms. The summed E-state index contributed by atoms with van der Waals surface area (Å²) in [6, 6.07) is 0.220. The molecule has 5 nitrogen and oxygen atoms in total. The maximum Gasteiger partial charge on any atom is 0.147 e. The van der Waals surface area contributed by atoms with Crippen LogP contribution in [0.25, 0.3) is 0 Å². The van der Waals surface area contributed by atoms with Crippen molar-refractivity contribution in [2.24, 2.45) is 18.2 Å². The first-order valence-corrected chi connectivity index (χ1v) is 4.86. The molecule has 0 bridgehead atoms. The Morgan fingerprint density at radius 3 is 2.71 bits per heavy atom. The minimum absolute atomic E-state index is 0.171. The van der Waals surface area contributed by atoms with Crippen molar-refractivity contribution in [3.63, 3.8) is 0 Å². The fraction of sp³-hybridized carbons (Fsp3) is 0.778. The maximum atomic E-state index is 6.07. The average Bonchev–Trinajstić information content (AvgIpc) is 2.58. The Hall–Kier alpha value is -1.10. The largest absolute Gasteiger partial charge is 0.353 e. The number of aromatic nitrogens is 3. The molecule has 1 aromatic heterocycles. The number of anilines is 1. The van der Waals surface area contributed by atoms with E-state index >= 15 is 0 Å². The molecule has 1 unspecified atom stereocenters. The third kappa shape index (κ3) is 1.37. The van der Waals surface area contributed by atoms with Crippen LogP contribution in [0.4, 0.5) is 5.82 Å². The smallest absolute Gasteiger partial charge is 0.147 e. The second-order valence-corrected chi connectivity index (χ2v) is 4.69. The zero-order chi connectivity index (χ0) is 10.3. The van der Waals surface area contributed by atoms with Gasteiger partial charge >= 0.3 is 0 Å². The highest BCUT2D eigenvalue weighted by Gasteiger charge is 2.37. The van der Waals surface area contributed by atoms with E-state index in [1.165, 1.54) is 0 Å². The molecule has 1 aliphatic heterocycles. The van der Waals surface area contributed by atoms with Crippen LogP contribution in [0, 0.1) is 5.41 Å². The monoisotopic (exact) mass is 195 g/mol. The minimum atomic E-state index is 0.171. The number of hydrogen-bond acceptors (Lipinski definition) is 4. The Bertz CT molecular complexity index is 330. The van der Waals surface area contributed by atoms with E-state index in [9.17, 15) is 0 Å². The van der Waals surface area contributed by atoms with Gasteiger partial charge in [0.2, 0.25) is 0 Å². The van der Waals surface area contributed by atoms with Gasteiger partial charge in [-0.1, -0.05) is 19.1 Å². The van der Waals surface area contributed by atoms with E-state index in [1.54, 1.807) is 10.9 Å². The zero-order valence-electron chi connectivity index (χ0n) is 8.94. The van der Waals surface area contributed by atoms with Gasteiger partial charge in [0.25, 0.3) is 0 Å². The van der Waals surface area contributed by atoms with Gasteiger partial charge in [-0.15, -0.1) is 5.10 Å². The van der Waals surface area contributed by atoms with Crippen LogP contribution in [0.3, 0.4) is 0 Å². The Morgan fingerprint density at radius 1 is 1.57 bits per heavy atom. The standard InChI is InChI=1S/C9H17N5/c1-9(2)6-14(5-7(9)10)8-4-11-12-13(8)3/h4,7H,5-6,10H2,1-3H3. The van der Waals surface area contributed by atoms with E-state index in [1.807, 2.05) is 7.05 Å². The molecule has 2 heterocycles. The van der Waals surface area contributed by atoms with Crippen LogP contribution in [-0.2, 0) is 7.05 Å². The predicted molar refractivity (Wildman–Crippen MR) is 55.0 cm³/mol. The molecular formula is C9H17N5. The Balaban J connectivity index is 2.21. The molecule has 0 aromatic carbocycles. The quantitative estimate of drug-likeness (QED) is 0.684. The van der Waals surface area contributed by atoms with Crippen LogP contribution in [0.5, 0.6) is 0 Å². The molecule has 14 heavy (non-hydrogen) atoms. The molecule has 1 atom stereocenters. The third-order valence-electron chi connectivity index (χ3n) is 3.03. The van der Waals surface area contributed by atoms with Gasteiger partial charge in [0.1, 0.15) is 5.82 Å². The molecule has 0 aliphatic carbocycles. The summed E-state index contributed by atoms with van der Waals surface area (Å²) in [7, 11) is 1.90. The lowest BCUT2D eigenvalue weighted by atomic mass is 9.89. The van der Waals surface area contributed by atoms with E-state index in [-0.39, 0.29) is 11.5 Å². The summed E-state index contributed by atoms with van der Waals surface area (Å²) < 4.78 is 1.79. The van der Waals surface area contributed by atoms with Crippen molar-refractivity contribution >= 4 is 5.82 Å². The Kier molecular flexibility index (Phi) is 1.99. The van der Waals surface area contributed by atoms with Gasteiger partial charge in [-0.3, -0.25) is 0 Å². The number of nitrogens with zero attached hydrogens (tertiary/aromatic N) is 4. The molecule has 2 N–H and O–H groups in total. The van der Waals surface area contributed by atoms with Crippen LogP contribution in [0.2, 0.25) is 0 Å². The summed E-state index contributed by atoms with van der Waals surface area (Å²) >= 11 is 0. The Morgan fingerprint density at radius 2 is 2.29 bits per heavy atom. The molecule has 1 aromatic rings. The van der Waals surface area contributed by atoms with E-state index < -0.39 is 0 Å². The molecule has 1 saturated heterocycles. The molecule has 0 radical (unpaired) electrons. The second-order valence-electron chi connectivity index (χ2n) is 4.69. The van der Waals surface area contributed by atoms with Crippen LogP contribution in [-0.4, -0.2) is 34.1 Å². The molecule has 0 amide bonds. The lowest BCUT2D eigenvalue weighted by molar-refractivity contribution is 0.365. The summed E-state index contributed by atoms with van der Waals surface area (Å²) in [6.07, 6.45) is 1.79. The first-order chi connectivity index (χ1) is 6.50. The van der Waals surface area contributed by atoms with Gasteiger partial charge in [0.15, 0.2) is 0 Å². The van der Waals surface area contributed by atoms with Gasteiger partial charge in [-0.2, -0.15) is 0 Å². The highest BCUT2D eigenvalue weighted by Crippen LogP contribution is 2.30. The van der Waals surface area contributed by atoms with E-state index in [0.717, 1.165) is 18.9 Å². The van der Waals surface area contributed by atoms with Crippen molar-refractivity contribution < 1.29 is 0 Å². The topological polar surface area (TPSA) is 60.0 Å². The lowest BCUT2D eigenvalue weighted by Crippen LogP contribution is -2.35. The number of hydrogen-bond donors (Lipinski definition) is 1. The molecule has 78 valence electrons. The second kappa shape index (κ2) is 2.95. The van der Waals surface area contributed by atoms with E-state index in [0.29, 0.717) is 0 Å². The van der Waals surface area contributed by atoms with Gasteiger partial charge in [0, 0.05) is 26.2 Å². The molecule has 1 aliphatic rings. The SMILES string of the molecule is Cn1nncc1N1CC(N)C(C)(C)C1. The number of rotatable bonds is 1. The third-order valence-corrected chi connectivity index (χ3v) is 3.03. The first kappa shape index (κ1) is 9.45. The molecule has 2 rings (SSSR count). The summed E-state index contributed by atoms with van der Waals surface area (Å²) in [5.74, 6) is 1.05. The summed E-state index contributed by atoms with van der Waals surface area (Å²) in [6.45, 7) is 6.24. The van der Waals surface area contributed by atoms with Gasteiger partial charge < -0.3 is 10.6 Å². The fourth-order valence-electron chi connectivity index (χ4n) is 1.90. The van der Waals surface area contributed by atoms with Gasteiger partial charge in [0.05, 0.1) is 6.20 Å². The Labute approximate surface area is 83.9 Å². The summed E-state index contributed by atoms with van der Waals surface area (Å²) in [5, 5.41) is 7.79. The highest BCUT2D eigenvalue weighted by atomic mass is 15.5. The lowest BCUT2D eigenvalue weighted by Gasteiger charge is -2.22. The van der Waals surface area contributed by atoms with E-state index in [2.05, 4.69) is 29.1 Å². The van der Waals surface area contributed by atoms with Crippen LogP contribution in [0.1, 0.15) is 13.8 Å². The normalized spacial score (nSPS) is 25.7. The van der Waals surface area contributed by atoms with Crippen LogP contribution >= 0.6 is 0 Å². The van der Waals surface area contributed by atoms with Crippen LogP contribution in [0.15, 0.2) is 6.20 Å². The van der Waals surface area contributed by atoms with Crippen molar-refractivity contribution in [1.82, 2.24) is 15.0 Å². The zero-order valence-corrected chi connectivity index (χ0v) is 8.94. The fourth-order valence-corrected chi connectivity index (χ4v) is 1.90. The minimum Gasteiger partial charge on any atom is -0.353 e. The van der Waals surface area contributed by atoms with Crippen molar-refractivity contribution in [3.05, 3.63) is 6.20 Å². The van der Waals surface area contributed by atoms with Crippen molar-refractivity contribution in [1.29, 1.82) is 0 Å². The summed E-state index contributed by atoms with van der Waals surface area (Å²) in [4.78, 5) is 2.24. The first-order valence-electron chi connectivity index (χ1n) is 4.86. The van der Waals surface area contributed by atoms with Crippen molar-refractivity contribution in [3.8, 4) is 0 Å². The van der Waals surface area contributed by atoms with Gasteiger partial charge in [-0.05, 0) is 5.41 Å². The van der Waals surface area contributed by atoms with Gasteiger partial charge in [-0.25, -0.2) is 4.68 Å². The van der Waals surface area contributed by atoms with E-state index in [4.69, 9.17) is 5.73 Å². The highest BCUT2D eigenvalue weighted by molar-refractivity contribution is 5.39. The van der Waals surface area contributed by atoms with Crippen LogP contribution < -0.4 is 10.6 Å². The predicted octanol–water partition coefficient (Wildman–Crippen LogP) is -0.0114. The number of aryl methyl sites for hydroxylation is 1. The molecule has 5 heteroatoms. The number of nitrogens with two attached hydrogens (primary N) is 1. The average molecular weight is 195 g/mol. The molecular weight excluding hydrogens is 178 g/mol. The molecule has 0 saturated carbocycles. The van der Waals surface area contributed by atoms with Crippen molar-refractivity contribution in [2.75, 3.05) is 18.0 Å². The maximum absolute atomic E-state index is 6.07. The van der Waals surface area contributed by atoms with Crippen molar-refractivity contribution in [2.45, 2.75) is 19.9 Å².